The van der Waals surface area contributed by atoms with Crippen molar-refractivity contribution in [1.82, 2.24) is 4.90 Å². The fourth-order valence-electron chi connectivity index (χ4n) is 2.72. The summed E-state index contributed by atoms with van der Waals surface area (Å²) in [5.41, 5.74) is 1.20. The lowest BCUT2D eigenvalue weighted by molar-refractivity contribution is -0.145. The summed E-state index contributed by atoms with van der Waals surface area (Å²) in [6.07, 6.45) is 1.81. The van der Waals surface area contributed by atoms with E-state index in [1.165, 1.54) is 5.56 Å². The summed E-state index contributed by atoms with van der Waals surface area (Å²) in [6, 6.07) is 6.02. The number of nitrogens with zero attached hydrogens (tertiary/aromatic N) is 1. The Kier molecular flexibility index (Phi) is 4.26. The van der Waals surface area contributed by atoms with Crippen LogP contribution in [0.3, 0.4) is 0 Å². The minimum atomic E-state index is -0.905. The molecule has 0 aliphatic carbocycles. The summed E-state index contributed by atoms with van der Waals surface area (Å²) in [7, 11) is 0. The van der Waals surface area contributed by atoms with Gasteiger partial charge >= 0.3 is 5.97 Å². The monoisotopic (exact) mass is 293 g/mol. The highest BCUT2D eigenvalue weighted by molar-refractivity contribution is 5.68. The molecule has 0 radical (unpaired) electrons. The standard InChI is InChI=1S/C15H19NO5/c17-15(18)9-19-12-3-5-16(6-4-12)8-11-1-2-13-14(7-11)21-10-20-13/h1-2,7,12H,3-6,8-10H2,(H,17,18). The van der Waals surface area contributed by atoms with Crippen LogP contribution in [0.15, 0.2) is 18.2 Å². The zero-order valence-electron chi connectivity index (χ0n) is 11.8. The highest BCUT2D eigenvalue weighted by atomic mass is 16.7. The number of likely N-dealkylation sites (tertiary alicyclic amines) is 1. The van der Waals surface area contributed by atoms with E-state index >= 15 is 0 Å². The molecule has 21 heavy (non-hydrogen) atoms. The van der Waals surface area contributed by atoms with Gasteiger partial charge in [0.1, 0.15) is 6.61 Å². The van der Waals surface area contributed by atoms with E-state index in [4.69, 9.17) is 19.3 Å². The van der Waals surface area contributed by atoms with E-state index in [9.17, 15) is 4.79 Å². The summed E-state index contributed by atoms with van der Waals surface area (Å²) in [5, 5.41) is 8.61. The Morgan fingerprint density at radius 1 is 1.29 bits per heavy atom. The molecule has 2 aliphatic heterocycles. The molecule has 0 amide bonds. The minimum absolute atomic E-state index is 0.0640. The molecule has 0 spiro atoms. The Bertz CT molecular complexity index is 511. The predicted octanol–water partition coefficient (Wildman–Crippen LogP) is 1.48. The fourth-order valence-corrected chi connectivity index (χ4v) is 2.72. The van der Waals surface area contributed by atoms with Crippen LogP contribution in [-0.4, -0.2) is 48.6 Å². The Labute approximate surface area is 123 Å². The van der Waals surface area contributed by atoms with Crippen molar-refractivity contribution < 1.29 is 24.1 Å². The quantitative estimate of drug-likeness (QED) is 0.887. The van der Waals surface area contributed by atoms with Crippen LogP contribution in [-0.2, 0) is 16.1 Å². The van der Waals surface area contributed by atoms with E-state index < -0.39 is 5.97 Å². The number of rotatable bonds is 5. The average Bonchev–Trinajstić information content (AvgIpc) is 2.94. The van der Waals surface area contributed by atoms with E-state index in [2.05, 4.69) is 11.0 Å². The lowest BCUT2D eigenvalue weighted by atomic mass is 10.1. The topological polar surface area (TPSA) is 68.2 Å². The largest absolute Gasteiger partial charge is 0.480 e. The van der Waals surface area contributed by atoms with Crippen LogP contribution in [0.4, 0.5) is 0 Å². The van der Waals surface area contributed by atoms with Crippen molar-refractivity contribution in [3.63, 3.8) is 0 Å². The molecule has 1 aromatic rings. The molecule has 0 atom stereocenters. The van der Waals surface area contributed by atoms with Crippen LogP contribution in [0, 0.1) is 0 Å². The Hall–Kier alpha value is -1.79. The minimum Gasteiger partial charge on any atom is -0.480 e. The van der Waals surface area contributed by atoms with E-state index in [1.54, 1.807) is 0 Å². The van der Waals surface area contributed by atoms with Gasteiger partial charge in [-0.1, -0.05) is 6.07 Å². The second-order valence-electron chi connectivity index (χ2n) is 5.37. The van der Waals surface area contributed by atoms with Gasteiger partial charge in [0.15, 0.2) is 11.5 Å². The van der Waals surface area contributed by atoms with Crippen molar-refractivity contribution in [2.24, 2.45) is 0 Å². The molecule has 3 rings (SSSR count). The molecule has 2 aliphatic rings. The summed E-state index contributed by atoms with van der Waals surface area (Å²) in [4.78, 5) is 12.8. The Morgan fingerprint density at radius 3 is 2.81 bits per heavy atom. The Morgan fingerprint density at radius 2 is 2.05 bits per heavy atom. The maximum Gasteiger partial charge on any atom is 0.329 e. The highest BCUT2D eigenvalue weighted by Gasteiger charge is 2.21. The van der Waals surface area contributed by atoms with Gasteiger partial charge in [-0.3, -0.25) is 4.90 Å². The number of fused-ring (bicyclic) bond motifs is 1. The van der Waals surface area contributed by atoms with Crippen LogP contribution in [0.5, 0.6) is 11.5 Å². The fraction of sp³-hybridized carbons (Fsp3) is 0.533. The summed E-state index contributed by atoms with van der Waals surface area (Å²) < 4.78 is 16.0. The van der Waals surface area contributed by atoms with Crippen molar-refractivity contribution in [3.8, 4) is 11.5 Å². The SMILES string of the molecule is O=C(O)COC1CCN(Cc2ccc3c(c2)OCO3)CC1. The molecule has 0 saturated carbocycles. The van der Waals surface area contributed by atoms with Gasteiger partial charge in [-0.2, -0.15) is 0 Å². The number of carbonyl (C=O) groups is 1. The Balaban J connectivity index is 1.48. The van der Waals surface area contributed by atoms with Crippen LogP contribution < -0.4 is 9.47 Å². The van der Waals surface area contributed by atoms with Gasteiger partial charge in [0.05, 0.1) is 6.10 Å². The second-order valence-corrected chi connectivity index (χ2v) is 5.37. The third-order valence-corrected chi connectivity index (χ3v) is 3.82. The molecular formula is C15H19NO5. The predicted molar refractivity (Wildman–Crippen MR) is 74.5 cm³/mol. The number of carboxylic acid groups (broad SMARTS) is 1. The highest BCUT2D eigenvalue weighted by Crippen LogP contribution is 2.33. The van der Waals surface area contributed by atoms with E-state index in [0.717, 1.165) is 44.0 Å². The molecule has 114 valence electrons. The average molecular weight is 293 g/mol. The molecule has 1 aromatic carbocycles. The van der Waals surface area contributed by atoms with Gasteiger partial charge in [0.25, 0.3) is 0 Å². The smallest absolute Gasteiger partial charge is 0.329 e. The van der Waals surface area contributed by atoms with Crippen LogP contribution in [0.2, 0.25) is 0 Å². The third kappa shape index (κ3) is 3.65. The number of ether oxygens (including phenoxy) is 3. The van der Waals surface area contributed by atoms with Gasteiger partial charge in [0.2, 0.25) is 6.79 Å². The van der Waals surface area contributed by atoms with Gasteiger partial charge in [0, 0.05) is 19.6 Å². The van der Waals surface area contributed by atoms with E-state index in [0.29, 0.717) is 6.79 Å². The van der Waals surface area contributed by atoms with Gasteiger partial charge in [-0.25, -0.2) is 4.79 Å². The molecule has 1 fully saturated rings. The second kappa shape index (κ2) is 6.32. The molecule has 1 N–H and O–H groups in total. The molecule has 1 saturated heterocycles. The first-order valence-electron chi connectivity index (χ1n) is 7.15. The lowest BCUT2D eigenvalue weighted by Crippen LogP contribution is -2.37. The number of hydrogen-bond donors (Lipinski definition) is 1. The van der Waals surface area contributed by atoms with Crippen molar-refractivity contribution in [1.29, 1.82) is 0 Å². The normalized spacial score (nSPS) is 18.9. The van der Waals surface area contributed by atoms with Gasteiger partial charge < -0.3 is 19.3 Å². The molecule has 2 heterocycles. The molecule has 0 unspecified atom stereocenters. The molecular weight excluding hydrogens is 274 g/mol. The number of aliphatic carboxylic acids is 1. The van der Waals surface area contributed by atoms with Gasteiger partial charge in [-0.15, -0.1) is 0 Å². The summed E-state index contributed by atoms with van der Waals surface area (Å²) in [5.74, 6) is 0.712. The number of benzene rings is 1. The third-order valence-electron chi connectivity index (χ3n) is 3.82. The van der Waals surface area contributed by atoms with Gasteiger partial charge in [-0.05, 0) is 30.5 Å². The molecule has 6 heteroatoms. The maximum absolute atomic E-state index is 10.5. The number of piperidine rings is 1. The first-order valence-corrected chi connectivity index (χ1v) is 7.15. The molecule has 6 nitrogen and oxygen atoms in total. The zero-order valence-corrected chi connectivity index (χ0v) is 11.8. The van der Waals surface area contributed by atoms with Crippen LogP contribution >= 0.6 is 0 Å². The zero-order chi connectivity index (χ0) is 14.7. The van der Waals surface area contributed by atoms with E-state index in [-0.39, 0.29) is 12.7 Å². The number of hydrogen-bond acceptors (Lipinski definition) is 5. The molecule has 0 aromatic heterocycles. The first kappa shape index (κ1) is 14.2. The van der Waals surface area contributed by atoms with Crippen molar-refractivity contribution >= 4 is 5.97 Å². The van der Waals surface area contributed by atoms with E-state index in [1.807, 2.05) is 12.1 Å². The summed E-state index contributed by atoms with van der Waals surface area (Å²) in [6.45, 7) is 2.79. The first-order chi connectivity index (χ1) is 10.2. The van der Waals surface area contributed by atoms with Crippen LogP contribution in [0.1, 0.15) is 18.4 Å². The summed E-state index contributed by atoms with van der Waals surface area (Å²) >= 11 is 0. The maximum atomic E-state index is 10.5. The molecule has 0 bridgehead atoms. The van der Waals surface area contributed by atoms with Crippen molar-refractivity contribution in [2.45, 2.75) is 25.5 Å². The lowest BCUT2D eigenvalue weighted by Gasteiger charge is -2.31. The van der Waals surface area contributed by atoms with Crippen molar-refractivity contribution in [3.05, 3.63) is 23.8 Å². The van der Waals surface area contributed by atoms with Crippen LogP contribution in [0.25, 0.3) is 0 Å². The van der Waals surface area contributed by atoms with Crippen molar-refractivity contribution in [2.75, 3.05) is 26.5 Å². The number of carboxylic acids is 1.